The van der Waals surface area contributed by atoms with Crippen LogP contribution >= 0.6 is 0 Å². The largest absolute Gasteiger partial charge is 1.00 e. The number of allylic oxidation sites excluding steroid dienone is 6. The van der Waals surface area contributed by atoms with Gasteiger partial charge in [0.1, 0.15) is 6.54 Å². The van der Waals surface area contributed by atoms with Gasteiger partial charge in [0.2, 0.25) is 5.69 Å². The number of carbonyl (C=O) groups excluding carboxylic acids is 1. The van der Waals surface area contributed by atoms with E-state index in [1.165, 1.54) is 33.0 Å². The zero-order valence-corrected chi connectivity index (χ0v) is 49.3. The second-order valence-corrected chi connectivity index (χ2v) is 23.5. The van der Waals surface area contributed by atoms with Gasteiger partial charge in [0, 0.05) is 84.1 Å². The van der Waals surface area contributed by atoms with Crippen LogP contribution in [0.3, 0.4) is 0 Å². The maximum Gasteiger partial charge on any atom is 1.00 e. The molecule has 5 aromatic carbocycles. The molecule has 1 atom stereocenters. The van der Waals surface area contributed by atoms with Crippen molar-refractivity contribution >= 4 is 70.2 Å². The van der Waals surface area contributed by atoms with Crippen LogP contribution in [0, 0.1) is 5.92 Å². The number of carbonyl (C=O) groups is 1. The van der Waals surface area contributed by atoms with E-state index in [2.05, 4.69) is 134 Å². The third-order valence-electron chi connectivity index (χ3n) is 14.8. The van der Waals surface area contributed by atoms with E-state index in [4.69, 9.17) is 10.5 Å². The van der Waals surface area contributed by atoms with Crippen LogP contribution in [-0.4, -0.2) is 86.4 Å². The maximum absolute atomic E-state index is 13.4. The average Bonchev–Trinajstić information content (AvgIpc) is 3.69. The molecule has 0 bridgehead atoms. The van der Waals surface area contributed by atoms with E-state index in [0.717, 1.165) is 64.8 Å². The number of nitrogens with two attached hydrogens (primary N) is 1. The van der Waals surface area contributed by atoms with Gasteiger partial charge < -0.3 is 24.5 Å². The zero-order valence-electron chi connectivity index (χ0n) is 43.6. The normalized spacial score (nSPS) is 17.9. The molecule has 2 heterocycles. The Morgan fingerprint density at radius 1 is 0.753 bits per heavy atom. The van der Waals surface area contributed by atoms with Crippen molar-refractivity contribution in [2.75, 3.05) is 49.3 Å². The topological polar surface area (TPSA) is 173 Å². The molecule has 8 rings (SSSR count). The van der Waals surface area contributed by atoms with E-state index in [9.17, 15) is 30.7 Å². The van der Waals surface area contributed by atoms with E-state index in [1.54, 1.807) is 0 Å². The number of anilines is 1. The summed E-state index contributed by atoms with van der Waals surface area (Å²) in [5, 5.41) is 4.65. The molecule has 1 unspecified atom stereocenters. The van der Waals surface area contributed by atoms with Crippen molar-refractivity contribution in [1.29, 1.82) is 0 Å². The number of ether oxygens (including phenoxy) is 1. The minimum absolute atomic E-state index is 0. The van der Waals surface area contributed by atoms with Crippen molar-refractivity contribution in [2.24, 2.45) is 11.7 Å². The second-order valence-electron chi connectivity index (χ2n) is 20.4. The molecule has 5 aromatic rings. The molecular formula is C58H68N3Na2O8S2+. The van der Waals surface area contributed by atoms with Crippen LogP contribution in [0.2, 0.25) is 0 Å². The first-order chi connectivity index (χ1) is 33.9. The molecule has 0 saturated heterocycles. The molecule has 3 aliphatic rings. The minimum Gasteiger partial charge on any atom is -0.748 e. The summed E-state index contributed by atoms with van der Waals surface area (Å²) in [4.78, 5) is 15.7. The Kier molecular flexibility index (Phi) is 20.4. The Morgan fingerprint density at radius 3 is 2.04 bits per heavy atom. The van der Waals surface area contributed by atoms with Crippen molar-refractivity contribution < 1.29 is 99.2 Å². The smallest absolute Gasteiger partial charge is 0.748 e. The Morgan fingerprint density at radius 2 is 1.38 bits per heavy atom. The monoisotopic (exact) mass is 1040 g/mol. The summed E-state index contributed by atoms with van der Waals surface area (Å²) in [5.41, 5.74) is 15.8. The molecule has 0 fully saturated rings. The van der Waals surface area contributed by atoms with Crippen LogP contribution in [0.25, 0.3) is 27.1 Å². The number of rotatable bonds is 22. The minimum atomic E-state index is -4.34. The van der Waals surface area contributed by atoms with E-state index in [0.29, 0.717) is 64.1 Å². The summed E-state index contributed by atoms with van der Waals surface area (Å²) in [7, 11) is -8.67. The fraction of sp³-hybridized carbons (Fsp3) is 0.414. The number of benzene rings is 5. The van der Waals surface area contributed by atoms with E-state index >= 15 is 0 Å². The number of ketones is 1. The van der Waals surface area contributed by atoms with Gasteiger partial charge in [-0.1, -0.05) is 105 Å². The van der Waals surface area contributed by atoms with Crippen LogP contribution in [0.5, 0.6) is 0 Å². The van der Waals surface area contributed by atoms with Gasteiger partial charge in [-0.15, -0.1) is 0 Å². The van der Waals surface area contributed by atoms with Crippen LogP contribution in [0.4, 0.5) is 11.4 Å². The molecule has 15 heteroatoms. The quantitative estimate of drug-likeness (QED) is 0.0332. The van der Waals surface area contributed by atoms with Crippen molar-refractivity contribution in [3.8, 4) is 0 Å². The Balaban J connectivity index is 0.00000435. The second kappa shape index (κ2) is 25.2. The van der Waals surface area contributed by atoms with Crippen LogP contribution in [0.1, 0.15) is 119 Å². The first-order valence-corrected chi connectivity index (χ1v) is 28.4. The number of fused-ring (bicyclic) bond motifs is 6. The van der Waals surface area contributed by atoms with Gasteiger partial charge >= 0.3 is 59.1 Å². The molecule has 0 radical (unpaired) electrons. The van der Waals surface area contributed by atoms with E-state index in [-0.39, 0.29) is 89.1 Å². The molecular weight excluding hydrogens is 977 g/mol. The Hall–Kier alpha value is -3.28. The first-order valence-electron chi connectivity index (χ1n) is 25.3. The van der Waals surface area contributed by atoms with Gasteiger partial charge in [-0.2, -0.15) is 4.58 Å². The molecule has 1 aliphatic carbocycles. The number of nitrogens with zero attached hydrogens (tertiary/aromatic N) is 2. The molecule has 73 heavy (non-hydrogen) atoms. The van der Waals surface area contributed by atoms with Gasteiger partial charge in [-0.3, -0.25) is 4.79 Å². The molecule has 2 N–H and O–H groups in total. The summed E-state index contributed by atoms with van der Waals surface area (Å²) < 4.78 is 77.6. The van der Waals surface area contributed by atoms with Crippen molar-refractivity contribution in [3.05, 3.63) is 149 Å². The summed E-state index contributed by atoms with van der Waals surface area (Å²) in [6, 6.07) is 33.5. The fourth-order valence-electron chi connectivity index (χ4n) is 11.6. The van der Waals surface area contributed by atoms with Gasteiger partial charge in [0.25, 0.3) is 0 Å². The maximum atomic E-state index is 13.4. The number of hydrogen-bond donors (Lipinski definition) is 1. The Bertz CT molecular complexity index is 3160. The fourth-order valence-corrected chi connectivity index (χ4v) is 12.7. The van der Waals surface area contributed by atoms with Crippen molar-refractivity contribution in [1.82, 2.24) is 0 Å². The third kappa shape index (κ3) is 13.6. The molecule has 0 spiro atoms. The first kappa shape index (κ1) is 59.0. The van der Waals surface area contributed by atoms with E-state index < -0.39 is 37.2 Å². The summed E-state index contributed by atoms with van der Waals surface area (Å²) in [5.74, 6) is -0.606. The van der Waals surface area contributed by atoms with Crippen molar-refractivity contribution in [2.45, 2.75) is 103 Å². The summed E-state index contributed by atoms with van der Waals surface area (Å²) in [6.45, 7) is 11.6. The van der Waals surface area contributed by atoms with Crippen LogP contribution in [0.15, 0.2) is 127 Å². The van der Waals surface area contributed by atoms with Crippen LogP contribution < -0.4 is 69.7 Å². The average molecular weight is 1050 g/mol. The van der Waals surface area contributed by atoms with Crippen molar-refractivity contribution in [3.63, 3.8) is 0 Å². The third-order valence-corrected chi connectivity index (χ3v) is 16.4. The molecule has 0 saturated carbocycles. The molecule has 2 aliphatic heterocycles. The van der Waals surface area contributed by atoms with Gasteiger partial charge in [-0.25, -0.2) is 16.8 Å². The molecule has 376 valence electrons. The molecule has 0 aromatic heterocycles. The predicted octanol–water partition coefficient (Wildman–Crippen LogP) is 4.85. The number of Topliss-reactive ketones (excluding diaryl/α,β-unsaturated/α-hetero) is 1. The predicted molar refractivity (Wildman–Crippen MR) is 285 cm³/mol. The molecule has 0 amide bonds. The number of hydrogen-bond acceptors (Lipinski definition) is 10. The summed E-state index contributed by atoms with van der Waals surface area (Å²) >= 11 is 0. The Labute approximate surface area is 477 Å². The molecule has 11 nitrogen and oxygen atoms in total. The summed E-state index contributed by atoms with van der Waals surface area (Å²) in [6.07, 6.45) is 13.1. The van der Waals surface area contributed by atoms with E-state index in [1.807, 2.05) is 18.2 Å². The van der Waals surface area contributed by atoms with Gasteiger partial charge in [0.15, 0.2) is 11.5 Å². The number of unbranched alkanes of at least 4 members (excludes halogenated alkanes) is 2. The van der Waals surface area contributed by atoms with Crippen LogP contribution in [-0.2, 0) is 35.8 Å². The zero-order chi connectivity index (χ0) is 50.6. The van der Waals surface area contributed by atoms with Gasteiger partial charge in [0.05, 0.1) is 32.3 Å². The standard InChI is InChI=1S/C58H69N3O8S2.2Na/c1-57(2)52(60(35-9-11-39-70(63,64)65)49-30-26-41-15-5-7-19-47(41)55(49)57)32-28-44-17-13-18-45(54(44)46-24-22-43(23-25-46)51(62)21-14-37-69-38-34-59)29-33-53-58(3,4)56-48-20-8-6-16-42(48)27-31-50(56)61(53)36-10-12-40-71(66,67)68;;/h5-8,15-16,19-20,22-28,30-33,45H,9-14,17-18,21,29,34-40,59H2,1-4H3,(H-,63,64,65,66,67,68);;/q;2*+1/p-1/b32-28+,53-33-;;. The van der Waals surface area contributed by atoms with Gasteiger partial charge in [-0.05, 0) is 127 Å². The SMILES string of the molecule is CC1(C)C(/C=C/C2=C(c3ccc(C(=O)CCCOCCN)cc3)C(C/C=C3\N(CCCCS(=O)(=O)[O-])c4ccc5ccccc5c4C3(C)C)CCC2)=[N+](CCCCS(=O)(=O)[O-])c2ccc3ccccc3c21.[Na+].[Na+].